The smallest absolute Gasteiger partial charge is 1.00 e. The molecule has 3 N–H and O–H groups in total. The molecule has 0 aliphatic rings. The van der Waals surface area contributed by atoms with E-state index < -0.39 is 18.9 Å². The van der Waals surface area contributed by atoms with Crippen molar-refractivity contribution >= 4 is 49.7 Å². The number of carbonyl (C=O) groups excluding carboxylic acids is 1. The van der Waals surface area contributed by atoms with Crippen molar-refractivity contribution < 1.29 is 32.5 Å². The van der Waals surface area contributed by atoms with Crippen molar-refractivity contribution in [3.8, 4) is 0 Å². The Bertz CT molecular complexity index is 184. The van der Waals surface area contributed by atoms with Gasteiger partial charge in [0.25, 0.3) is 0 Å². The molecular formula is C9H20CaO6. The summed E-state index contributed by atoms with van der Waals surface area (Å²) in [6, 6.07) is 0. The number of esters is 1. The van der Waals surface area contributed by atoms with E-state index in [0.29, 0.717) is 6.42 Å². The molecule has 0 heterocycles. The third-order valence-corrected chi connectivity index (χ3v) is 1.15. The fourth-order valence-electron chi connectivity index (χ4n) is 0.601. The van der Waals surface area contributed by atoms with Gasteiger partial charge in [-0.2, -0.15) is 0 Å². The first-order valence-electron chi connectivity index (χ1n) is 4.60. The summed E-state index contributed by atoms with van der Waals surface area (Å²) in [5, 5.41) is 24.3. The van der Waals surface area contributed by atoms with Gasteiger partial charge in [0.1, 0.15) is 0 Å². The largest absolute Gasteiger partial charge is 2.00 e. The zero-order chi connectivity index (χ0) is 12.3. The minimum absolute atomic E-state index is 0. The molecule has 0 amide bonds. The zero-order valence-corrected chi connectivity index (χ0v) is 11.9. The van der Waals surface area contributed by atoms with Gasteiger partial charge < -0.3 is 22.9 Å². The summed E-state index contributed by atoms with van der Waals surface area (Å²) in [4.78, 5) is 19.9. The van der Waals surface area contributed by atoms with Crippen molar-refractivity contribution in [2.24, 2.45) is 0 Å². The first kappa shape index (κ1) is 21.4. The van der Waals surface area contributed by atoms with Gasteiger partial charge in [-0.1, -0.05) is 6.92 Å². The van der Waals surface area contributed by atoms with Gasteiger partial charge >= 0.3 is 49.7 Å². The summed E-state index contributed by atoms with van der Waals surface area (Å²) < 4.78 is 4.20. The Balaban J connectivity index is -0.0000000540. The van der Waals surface area contributed by atoms with E-state index in [9.17, 15) is 9.59 Å². The topological polar surface area (TPSA) is 104 Å². The normalized spacial score (nSPS) is 10.2. The number of rotatable bonds is 5. The van der Waals surface area contributed by atoms with Crippen molar-refractivity contribution in [3.05, 3.63) is 0 Å². The molecular weight excluding hydrogens is 244 g/mol. The number of carbonyl (C=O) groups is 2. The van der Waals surface area contributed by atoms with Crippen LogP contribution in [0.4, 0.5) is 0 Å². The molecule has 94 valence electrons. The van der Waals surface area contributed by atoms with Gasteiger partial charge in [-0.05, 0) is 13.3 Å². The van der Waals surface area contributed by atoms with Gasteiger partial charge in [0.2, 0.25) is 0 Å². The van der Waals surface area contributed by atoms with Crippen molar-refractivity contribution in [1.29, 1.82) is 0 Å². The second-order valence-electron chi connectivity index (χ2n) is 2.84. The molecule has 0 fully saturated rings. The minimum Gasteiger partial charge on any atom is -1.00 e. The molecule has 0 bridgehead atoms. The first-order chi connectivity index (χ1) is 6.93. The van der Waals surface area contributed by atoms with Crippen LogP contribution in [0.15, 0.2) is 0 Å². The van der Waals surface area contributed by atoms with Gasteiger partial charge in [-0.3, -0.25) is 9.59 Å². The maximum atomic E-state index is 10.3. The van der Waals surface area contributed by atoms with E-state index >= 15 is 0 Å². The van der Waals surface area contributed by atoms with E-state index in [1.54, 1.807) is 0 Å². The molecule has 0 saturated carbocycles. The summed E-state index contributed by atoms with van der Waals surface area (Å²) in [6.07, 6.45) is 0.261. The number of aliphatic hydroxyl groups is 2. The summed E-state index contributed by atoms with van der Waals surface area (Å²) >= 11 is 0. The number of ether oxygens (including phenoxy) is 1. The number of hydrogen-bond donors (Lipinski definition) is 3. The predicted octanol–water partition coefficient (Wildman–Crippen LogP) is -0.0344. The summed E-state index contributed by atoms with van der Waals surface area (Å²) in [5.74, 6) is -1.30. The Morgan fingerprint density at radius 3 is 2.12 bits per heavy atom. The van der Waals surface area contributed by atoms with Gasteiger partial charge in [0.05, 0.1) is 12.5 Å². The van der Waals surface area contributed by atoms with E-state index in [4.69, 9.17) is 15.3 Å². The molecule has 1 unspecified atom stereocenters. The van der Waals surface area contributed by atoms with Crippen LogP contribution >= 0.6 is 0 Å². The van der Waals surface area contributed by atoms with Crippen LogP contribution in [0, 0.1) is 0 Å². The maximum Gasteiger partial charge on any atom is 2.00 e. The first-order valence-corrected chi connectivity index (χ1v) is 4.60. The van der Waals surface area contributed by atoms with Crippen molar-refractivity contribution in [2.75, 3.05) is 6.79 Å². The number of aliphatic hydroxyl groups excluding tert-OH is 2. The van der Waals surface area contributed by atoms with Gasteiger partial charge in [-0.25, -0.2) is 0 Å². The average molecular weight is 264 g/mol. The van der Waals surface area contributed by atoms with E-state index in [1.165, 1.54) is 6.92 Å². The molecule has 16 heavy (non-hydrogen) atoms. The second kappa shape index (κ2) is 15.1. The standard InChI is InChI=1S/C5H10O3.C4H8O3.Ca.2H/c1-2-3-5(7)8-4-6;1-3(5)2-4(6)7;;;/h6H,2-4H2,1H3;3,5H,2H2,1H3,(H,6,7);;;/q;;+2;2*-1. The Morgan fingerprint density at radius 1 is 1.44 bits per heavy atom. The third-order valence-electron chi connectivity index (χ3n) is 1.15. The van der Waals surface area contributed by atoms with E-state index in [1.807, 2.05) is 6.92 Å². The number of aliphatic carboxylic acids is 1. The monoisotopic (exact) mass is 264 g/mol. The molecule has 0 aromatic heterocycles. The minimum atomic E-state index is -0.963. The van der Waals surface area contributed by atoms with E-state index in [-0.39, 0.29) is 53.0 Å². The van der Waals surface area contributed by atoms with Gasteiger partial charge in [-0.15, -0.1) is 0 Å². The van der Waals surface area contributed by atoms with E-state index in [0.717, 1.165) is 6.42 Å². The molecule has 0 rings (SSSR count). The quantitative estimate of drug-likeness (QED) is 0.366. The molecule has 6 nitrogen and oxygen atoms in total. The Hall–Kier alpha value is 0.120. The molecule has 0 saturated heterocycles. The summed E-state index contributed by atoms with van der Waals surface area (Å²) in [6.45, 7) is 2.81. The average Bonchev–Trinajstić information content (AvgIpc) is 2.03. The van der Waals surface area contributed by atoms with Gasteiger partial charge in [0, 0.05) is 6.42 Å². The molecule has 0 aromatic rings. The predicted molar refractivity (Wildman–Crippen MR) is 60.0 cm³/mol. The fourth-order valence-corrected chi connectivity index (χ4v) is 0.601. The fraction of sp³-hybridized carbons (Fsp3) is 0.778. The Kier molecular flexibility index (Phi) is 20.2. The van der Waals surface area contributed by atoms with Crippen molar-refractivity contribution in [1.82, 2.24) is 0 Å². The molecule has 1 atom stereocenters. The summed E-state index contributed by atoms with van der Waals surface area (Å²) in [7, 11) is 0. The Morgan fingerprint density at radius 2 is 1.94 bits per heavy atom. The van der Waals surface area contributed by atoms with Crippen LogP contribution in [0.2, 0.25) is 0 Å². The van der Waals surface area contributed by atoms with Gasteiger partial charge in [0.15, 0.2) is 6.79 Å². The second-order valence-corrected chi connectivity index (χ2v) is 2.84. The van der Waals surface area contributed by atoms with Crippen LogP contribution in [0.25, 0.3) is 0 Å². The molecule has 0 radical (unpaired) electrons. The van der Waals surface area contributed by atoms with Crippen molar-refractivity contribution in [2.45, 2.75) is 39.2 Å². The molecule has 7 heteroatoms. The van der Waals surface area contributed by atoms with Crippen LogP contribution in [-0.4, -0.2) is 77.9 Å². The molecule has 0 aliphatic heterocycles. The van der Waals surface area contributed by atoms with Crippen molar-refractivity contribution in [3.63, 3.8) is 0 Å². The van der Waals surface area contributed by atoms with Crippen LogP contribution in [0.5, 0.6) is 0 Å². The third kappa shape index (κ3) is 23.7. The Labute approximate surface area is 128 Å². The zero-order valence-electron chi connectivity index (χ0n) is 11.7. The molecule has 0 spiro atoms. The van der Waals surface area contributed by atoms with Crippen LogP contribution in [0.1, 0.15) is 36.0 Å². The van der Waals surface area contributed by atoms with E-state index in [2.05, 4.69) is 4.74 Å². The molecule has 0 aromatic carbocycles. The maximum absolute atomic E-state index is 10.3. The molecule has 0 aliphatic carbocycles. The SMILES string of the molecule is CC(O)CC(=O)O.CCCC(=O)OCO.[Ca+2].[H-].[H-]. The van der Waals surface area contributed by atoms with Crippen LogP contribution in [-0.2, 0) is 14.3 Å². The number of hydrogen-bond acceptors (Lipinski definition) is 5. The number of carboxylic acid groups (broad SMARTS) is 1. The van der Waals surface area contributed by atoms with Crippen LogP contribution in [0.3, 0.4) is 0 Å². The number of carboxylic acids is 1. The summed E-state index contributed by atoms with van der Waals surface area (Å²) in [5.41, 5.74) is 0. The van der Waals surface area contributed by atoms with Crippen LogP contribution < -0.4 is 0 Å².